The summed E-state index contributed by atoms with van der Waals surface area (Å²) in [5.74, 6) is 1.02. The monoisotopic (exact) mass is 152 g/mol. The molecule has 0 aromatic carbocycles. The standard InChI is InChI=1S/C10H16.CH4/c1-2-6-10-8-4-3-7-9(10)5-1;/h5,10H,1-4,6-8H2;1H4. The maximum atomic E-state index is 2.51. The summed E-state index contributed by atoms with van der Waals surface area (Å²) in [5.41, 5.74) is 1.80. The molecule has 0 amide bonds. The molecular formula is C11H20. The number of hydrogen-bond acceptors (Lipinski definition) is 0. The van der Waals surface area contributed by atoms with Crippen molar-refractivity contribution in [1.29, 1.82) is 0 Å². The minimum atomic E-state index is 0. The third-order valence-corrected chi connectivity index (χ3v) is 2.96. The number of hydrogen-bond donors (Lipinski definition) is 0. The molecule has 0 heteroatoms. The van der Waals surface area contributed by atoms with Crippen molar-refractivity contribution in [2.24, 2.45) is 5.92 Å². The van der Waals surface area contributed by atoms with E-state index in [1.807, 2.05) is 0 Å². The van der Waals surface area contributed by atoms with Crippen LogP contribution in [0.5, 0.6) is 0 Å². The van der Waals surface area contributed by atoms with E-state index in [1.54, 1.807) is 5.57 Å². The summed E-state index contributed by atoms with van der Waals surface area (Å²) in [7, 11) is 0. The lowest BCUT2D eigenvalue weighted by Gasteiger charge is -2.28. The van der Waals surface area contributed by atoms with Gasteiger partial charge in [0.25, 0.3) is 0 Å². The van der Waals surface area contributed by atoms with E-state index in [9.17, 15) is 0 Å². The Hall–Kier alpha value is -0.260. The highest BCUT2D eigenvalue weighted by Gasteiger charge is 2.20. The lowest BCUT2D eigenvalue weighted by molar-refractivity contribution is 0.402. The molecule has 1 saturated carbocycles. The zero-order valence-corrected chi connectivity index (χ0v) is 6.60. The lowest BCUT2D eigenvalue weighted by Crippen LogP contribution is -2.12. The second kappa shape index (κ2) is 3.94. The molecule has 0 N–H and O–H groups in total. The maximum absolute atomic E-state index is 2.51. The van der Waals surface area contributed by atoms with Crippen molar-refractivity contribution < 1.29 is 0 Å². The first-order valence-electron chi connectivity index (χ1n) is 4.66. The van der Waals surface area contributed by atoms with Crippen LogP contribution in [0.25, 0.3) is 0 Å². The maximum Gasteiger partial charge on any atom is -0.0203 e. The van der Waals surface area contributed by atoms with Gasteiger partial charge >= 0.3 is 0 Å². The molecule has 0 nitrogen and oxygen atoms in total. The summed E-state index contributed by atoms with van der Waals surface area (Å²) in [6, 6.07) is 0. The fourth-order valence-corrected chi connectivity index (χ4v) is 2.36. The van der Waals surface area contributed by atoms with Crippen LogP contribution in [0.3, 0.4) is 0 Å². The van der Waals surface area contributed by atoms with E-state index >= 15 is 0 Å². The molecule has 1 atom stereocenters. The van der Waals surface area contributed by atoms with Gasteiger partial charge in [0.05, 0.1) is 0 Å². The van der Waals surface area contributed by atoms with Crippen molar-refractivity contribution >= 4 is 0 Å². The van der Waals surface area contributed by atoms with Gasteiger partial charge in [0, 0.05) is 0 Å². The third kappa shape index (κ3) is 1.85. The zero-order chi connectivity index (χ0) is 6.81. The molecule has 64 valence electrons. The summed E-state index contributed by atoms with van der Waals surface area (Å²) in [4.78, 5) is 0. The molecule has 0 saturated heterocycles. The van der Waals surface area contributed by atoms with Crippen molar-refractivity contribution in [2.75, 3.05) is 0 Å². The first-order chi connectivity index (χ1) is 4.97. The zero-order valence-electron chi connectivity index (χ0n) is 6.60. The molecule has 11 heavy (non-hydrogen) atoms. The third-order valence-electron chi connectivity index (χ3n) is 2.96. The van der Waals surface area contributed by atoms with E-state index in [-0.39, 0.29) is 7.43 Å². The van der Waals surface area contributed by atoms with Gasteiger partial charge in [-0.15, -0.1) is 0 Å². The average molecular weight is 152 g/mol. The van der Waals surface area contributed by atoms with Gasteiger partial charge in [-0.3, -0.25) is 0 Å². The van der Waals surface area contributed by atoms with E-state index in [1.165, 1.54) is 44.9 Å². The van der Waals surface area contributed by atoms with Gasteiger partial charge in [0.15, 0.2) is 0 Å². The Balaban J connectivity index is 0.000000605. The molecule has 0 spiro atoms. The van der Waals surface area contributed by atoms with Crippen molar-refractivity contribution in [3.63, 3.8) is 0 Å². The van der Waals surface area contributed by atoms with Gasteiger partial charge in [-0.2, -0.15) is 0 Å². The Morgan fingerprint density at radius 1 is 1.09 bits per heavy atom. The summed E-state index contributed by atoms with van der Waals surface area (Å²) < 4.78 is 0. The molecule has 0 bridgehead atoms. The first-order valence-corrected chi connectivity index (χ1v) is 4.66. The van der Waals surface area contributed by atoms with Crippen LogP contribution in [0.15, 0.2) is 11.6 Å². The highest BCUT2D eigenvalue weighted by molar-refractivity contribution is 5.11. The smallest absolute Gasteiger partial charge is 0.0203 e. The second-order valence-electron chi connectivity index (χ2n) is 3.65. The van der Waals surface area contributed by atoms with Gasteiger partial charge in [-0.1, -0.05) is 25.5 Å². The van der Waals surface area contributed by atoms with Crippen LogP contribution in [-0.2, 0) is 0 Å². The van der Waals surface area contributed by atoms with Crippen molar-refractivity contribution in [1.82, 2.24) is 0 Å². The molecular weight excluding hydrogens is 132 g/mol. The largest absolute Gasteiger partial charge is 0.0851 e. The predicted molar refractivity (Wildman–Crippen MR) is 50.6 cm³/mol. The molecule has 1 fully saturated rings. The van der Waals surface area contributed by atoms with E-state index < -0.39 is 0 Å². The quantitative estimate of drug-likeness (QED) is 0.461. The fraction of sp³-hybridized carbons (Fsp3) is 0.818. The minimum Gasteiger partial charge on any atom is -0.0851 e. The van der Waals surface area contributed by atoms with Gasteiger partial charge in [-0.25, -0.2) is 0 Å². The summed E-state index contributed by atoms with van der Waals surface area (Å²) in [5, 5.41) is 0. The van der Waals surface area contributed by atoms with Crippen LogP contribution >= 0.6 is 0 Å². The Morgan fingerprint density at radius 3 is 2.73 bits per heavy atom. The Morgan fingerprint density at radius 2 is 1.91 bits per heavy atom. The summed E-state index contributed by atoms with van der Waals surface area (Å²) >= 11 is 0. The van der Waals surface area contributed by atoms with Crippen LogP contribution in [-0.4, -0.2) is 0 Å². The van der Waals surface area contributed by atoms with Gasteiger partial charge in [-0.05, 0) is 44.4 Å². The van der Waals surface area contributed by atoms with Crippen molar-refractivity contribution in [3.8, 4) is 0 Å². The van der Waals surface area contributed by atoms with Gasteiger partial charge < -0.3 is 0 Å². The van der Waals surface area contributed by atoms with Crippen LogP contribution in [0, 0.1) is 5.92 Å². The second-order valence-corrected chi connectivity index (χ2v) is 3.65. The summed E-state index contributed by atoms with van der Waals surface area (Å²) in [6.07, 6.45) is 12.7. The van der Waals surface area contributed by atoms with Crippen molar-refractivity contribution in [3.05, 3.63) is 11.6 Å². The van der Waals surface area contributed by atoms with E-state index in [4.69, 9.17) is 0 Å². The highest BCUT2D eigenvalue weighted by Crippen LogP contribution is 2.36. The van der Waals surface area contributed by atoms with Crippen LogP contribution < -0.4 is 0 Å². The normalized spacial score (nSPS) is 29.8. The molecule has 2 rings (SSSR count). The van der Waals surface area contributed by atoms with Crippen LogP contribution in [0.2, 0.25) is 0 Å². The molecule has 2 aliphatic carbocycles. The Kier molecular flexibility index (Phi) is 3.16. The SMILES string of the molecule is C.C1=C2CCCCC2CCC1. The molecule has 0 radical (unpaired) electrons. The van der Waals surface area contributed by atoms with E-state index in [2.05, 4.69) is 6.08 Å². The van der Waals surface area contributed by atoms with Crippen LogP contribution in [0.4, 0.5) is 0 Å². The molecule has 0 aliphatic heterocycles. The number of rotatable bonds is 0. The summed E-state index contributed by atoms with van der Waals surface area (Å²) in [6.45, 7) is 0. The molecule has 0 aromatic heterocycles. The fourth-order valence-electron chi connectivity index (χ4n) is 2.36. The lowest BCUT2D eigenvalue weighted by atomic mass is 9.78. The number of allylic oxidation sites excluding steroid dienone is 2. The average Bonchev–Trinajstić information content (AvgIpc) is 2.05. The molecule has 0 heterocycles. The molecule has 0 aromatic rings. The molecule has 2 aliphatic rings. The van der Waals surface area contributed by atoms with E-state index in [0.29, 0.717) is 0 Å². The van der Waals surface area contributed by atoms with E-state index in [0.717, 1.165) is 5.92 Å². The van der Waals surface area contributed by atoms with Crippen LogP contribution in [0.1, 0.15) is 52.4 Å². The van der Waals surface area contributed by atoms with Gasteiger partial charge in [0.2, 0.25) is 0 Å². The first kappa shape index (κ1) is 8.83. The highest BCUT2D eigenvalue weighted by atomic mass is 14.3. The molecule has 1 unspecified atom stereocenters. The van der Waals surface area contributed by atoms with Gasteiger partial charge in [0.1, 0.15) is 0 Å². The Bertz CT molecular complexity index is 144. The number of fused-ring (bicyclic) bond motifs is 1. The van der Waals surface area contributed by atoms with Crippen molar-refractivity contribution in [2.45, 2.75) is 52.4 Å². The minimum absolute atomic E-state index is 0. The Labute approximate surface area is 70.7 Å². The topological polar surface area (TPSA) is 0 Å². The predicted octanol–water partition coefficient (Wildman–Crippen LogP) is 3.92.